The third kappa shape index (κ3) is 7.74. The van der Waals surface area contributed by atoms with Gasteiger partial charge in [0.2, 0.25) is 5.91 Å². The molecule has 1 saturated heterocycles. The summed E-state index contributed by atoms with van der Waals surface area (Å²) >= 11 is 9.91. The highest BCUT2D eigenvalue weighted by Crippen LogP contribution is 2.32. The van der Waals surface area contributed by atoms with E-state index in [-0.39, 0.29) is 18.2 Å². The largest absolute Gasteiger partial charge is 0.465 e. The summed E-state index contributed by atoms with van der Waals surface area (Å²) in [6.45, 7) is 0.463. The number of amides is 3. The van der Waals surface area contributed by atoms with E-state index in [1.54, 1.807) is 59.5 Å². The van der Waals surface area contributed by atoms with E-state index in [9.17, 15) is 19.2 Å². The van der Waals surface area contributed by atoms with Gasteiger partial charge in [-0.25, -0.2) is 4.79 Å². The smallest absolute Gasteiger partial charge is 0.337 e. The Morgan fingerprint density at radius 2 is 1.67 bits per heavy atom. The number of thiocarbonyl (C=S) groups is 1. The summed E-state index contributed by atoms with van der Waals surface area (Å²) in [5.74, 6) is -1.25. The number of thioether (sulfide) groups is 1. The van der Waals surface area contributed by atoms with E-state index in [1.807, 2.05) is 0 Å². The third-order valence-corrected chi connectivity index (χ3v) is 7.12. The van der Waals surface area contributed by atoms with Gasteiger partial charge in [-0.2, -0.15) is 0 Å². The fourth-order valence-corrected chi connectivity index (χ4v) is 4.84. The number of carbonyl (C=O) groups is 4. The maximum absolute atomic E-state index is 12.8. The minimum Gasteiger partial charge on any atom is -0.465 e. The van der Waals surface area contributed by atoms with Gasteiger partial charge in [-0.05, 0) is 60.9 Å². The van der Waals surface area contributed by atoms with Crippen molar-refractivity contribution in [2.45, 2.75) is 25.7 Å². The van der Waals surface area contributed by atoms with Gasteiger partial charge >= 0.3 is 5.97 Å². The zero-order valence-corrected chi connectivity index (χ0v) is 22.6. The van der Waals surface area contributed by atoms with Gasteiger partial charge in [0, 0.05) is 23.0 Å². The number of unbranched alkanes of at least 4 members (excludes halogenated alkanes) is 2. The fraction of sp³-hybridized carbons (Fsp3) is 0.240. The molecule has 2 aromatic carbocycles. The minimum atomic E-state index is -0.421. The van der Waals surface area contributed by atoms with Gasteiger partial charge < -0.3 is 4.74 Å². The van der Waals surface area contributed by atoms with E-state index in [0.29, 0.717) is 39.7 Å². The van der Waals surface area contributed by atoms with Gasteiger partial charge in [-0.15, -0.1) is 0 Å². The number of ether oxygens (including phenoxy) is 1. The first-order valence-electron chi connectivity index (χ1n) is 11.1. The quantitative estimate of drug-likeness (QED) is 0.146. The average molecular weight is 591 g/mol. The minimum absolute atomic E-state index is 0.157. The normalized spacial score (nSPS) is 14.2. The van der Waals surface area contributed by atoms with Crippen LogP contribution in [0.1, 0.15) is 52.0 Å². The molecule has 188 valence electrons. The van der Waals surface area contributed by atoms with E-state index >= 15 is 0 Å². The van der Waals surface area contributed by atoms with Crippen LogP contribution in [0.5, 0.6) is 0 Å². The number of nitrogens with zero attached hydrogens (tertiary/aromatic N) is 1. The van der Waals surface area contributed by atoms with Crippen molar-refractivity contribution in [3.8, 4) is 0 Å². The van der Waals surface area contributed by atoms with Crippen molar-refractivity contribution in [3.63, 3.8) is 0 Å². The van der Waals surface area contributed by atoms with Crippen LogP contribution in [0, 0.1) is 0 Å². The monoisotopic (exact) mass is 589 g/mol. The average Bonchev–Trinajstić information content (AvgIpc) is 3.14. The van der Waals surface area contributed by atoms with Crippen LogP contribution in [-0.4, -0.2) is 46.6 Å². The van der Waals surface area contributed by atoms with Crippen molar-refractivity contribution in [2.24, 2.45) is 0 Å². The highest BCUT2D eigenvalue weighted by Gasteiger charge is 2.31. The number of hydrogen-bond donors (Lipinski definition) is 2. The number of carbonyl (C=O) groups excluding carboxylic acids is 4. The van der Waals surface area contributed by atoms with E-state index in [2.05, 4.69) is 31.5 Å². The lowest BCUT2D eigenvalue weighted by Crippen LogP contribution is -2.41. The maximum atomic E-state index is 12.8. The lowest BCUT2D eigenvalue weighted by molar-refractivity contribution is -0.123. The molecule has 1 fully saturated rings. The zero-order valence-electron chi connectivity index (χ0n) is 19.4. The molecule has 1 aliphatic heterocycles. The van der Waals surface area contributed by atoms with Crippen molar-refractivity contribution in [3.05, 3.63) is 74.6 Å². The standard InChI is InChI=1S/C25H24BrN3O5S2/c1-34-24(33)18-8-6-16(7-9-18)15-20-23(32)29(25(35)36-20)14-4-2-3-5-21(30)27-28-22(31)17-10-12-19(26)13-11-17/h6-13,15H,2-5,14H2,1H3,(H,27,30)(H,28,31). The number of benzene rings is 2. The summed E-state index contributed by atoms with van der Waals surface area (Å²) in [7, 11) is 1.32. The van der Waals surface area contributed by atoms with Gasteiger partial charge in [-0.3, -0.25) is 30.1 Å². The Labute approximate surface area is 226 Å². The fourth-order valence-electron chi connectivity index (χ4n) is 3.27. The Morgan fingerprint density at radius 1 is 1.00 bits per heavy atom. The maximum Gasteiger partial charge on any atom is 0.337 e. The molecule has 1 heterocycles. The molecule has 2 aromatic rings. The second-order valence-electron chi connectivity index (χ2n) is 7.77. The number of esters is 1. The Morgan fingerprint density at radius 3 is 2.33 bits per heavy atom. The van der Waals surface area contributed by atoms with Crippen LogP contribution in [-0.2, 0) is 14.3 Å². The number of hydrogen-bond acceptors (Lipinski definition) is 7. The Hall–Kier alpha value is -3.02. The molecule has 36 heavy (non-hydrogen) atoms. The molecule has 0 aliphatic carbocycles. The second kappa shape index (κ2) is 13.3. The van der Waals surface area contributed by atoms with Gasteiger partial charge in [0.25, 0.3) is 11.8 Å². The molecule has 3 rings (SSSR count). The molecular formula is C25H24BrN3O5S2. The van der Waals surface area contributed by atoms with E-state index in [4.69, 9.17) is 12.2 Å². The van der Waals surface area contributed by atoms with Gasteiger partial charge in [0.1, 0.15) is 4.32 Å². The van der Waals surface area contributed by atoms with Crippen LogP contribution < -0.4 is 10.9 Å². The lowest BCUT2D eigenvalue weighted by atomic mass is 10.1. The summed E-state index contributed by atoms with van der Waals surface area (Å²) in [5.41, 5.74) is 6.46. The van der Waals surface area contributed by atoms with Crippen LogP contribution in [0.25, 0.3) is 6.08 Å². The molecule has 0 unspecified atom stereocenters. The van der Waals surface area contributed by atoms with Crippen molar-refractivity contribution in [2.75, 3.05) is 13.7 Å². The number of nitrogens with one attached hydrogen (secondary N) is 2. The van der Waals surface area contributed by atoms with Crippen molar-refractivity contribution < 1.29 is 23.9 Å². The van der Waals surface area contributed by atoms with Crippen molar-refractivity contribution in [1.82, 2.24) is 15.8 Å². The third-order valence-electron chi connectivity index (χ3n) is 5.21. The summed E-state index contributed by atoms with van der Waals surface area (Å²) in [6, 6.07) is 13.5. The van der Waals surface area contributed by atoms with E-state index < -0.39 is 11.9 Å². The van der Waals surface area contributed by atoms with Crippen LogP contribution in [0.15, 0.2) is 57.9 Å². The molecule has 8 nitrogen and oxygen atoms in total. The van der Waals surface area contributed by atoms with Crippen LogP contribution in [0.4, 0.5) is 0 Å². The molecule has 2 N–H and O–H groups in total. The zero-order chi connectivity index (χ0) is 26.1. The first-order chi connectivity index (χ1) is 17.3. The number of hydrazine groups is 1. The molecule has 0 aromatic heterocycles. The molecule has 0 saturated carbocycles. The SMILES string of the molecule is COC(=O)c1ccc(C=C2SC(=S)N(CCCCCC(=O)NNC(=O)c3ccc(Br)cc3)C2=O)cc1. The van der Waals surface area contributed by atoms with E-state index in [1.165, 1.54) is 18.9 Å². The summed E-state index contributed by atoms with van der Waals surface area (Å²) < 4.78 is 6.04. The lowest BCUT2D eigenvalue weighted by Gasteiger charge is -2.14. The highest BCUT2D eigenvalue weighted by molar-refractivity contribution is 9.10. The summed E-state index contributed by atoms with van der Waals surface area (Å²) in [5, 5.41) is 0. The van der Waals surface area contributed by atoms with Gasteiger partial charge in [0.05, 0.1) is 17.6 Å². The first-order valence-corrected chi connectivity index (χ1v) is 13.1. The second-order valence-corrected chi connectivity index (χ2v) is 10.4. The van der Waals surface area contributed by atoms with Gasteiger partial charge in [0.15, 0.2) is 0 Å². The van der Waals surface area contributed by atoms with Crippen LogP contribution >= 0.6 is 39.9 Å². The Bertz CT molecular complexity index is 1180. The summed E-state index contributed by atoms with van der Waals surface area (Å²) in [6.07, 6.45) is 4.01. The molecule has 0 radical (unpaired) electrons. The molecule has 3 amide bonds. The van der Waals surface area contributed by atoms with Crippen LogP contribution in [0.2, 0.25) is 0 Å². The number of rotatable bonds is 9. The Balaban J connectivity index is 1.38. The predicted molar refractivity (Wildman–Crippen MR) is 146 cm³/mol. The van der Waals surface area contributed by atoms with Crippen molar-refractivity contribution >= 4 is 74.0 Å². The van der Waals surface area contributed by atoms with Gasteiger partial charge in [-0.1, -0.05) is 58.5 Å². The van der Waals surface area contributed by atoms with Crippen molar-refractivity contribution in [1.29, 1.82) is 0 Å². The number of methoxy groups -OCH3 is 1. The first kappa shape index (κ1) is 27.6. The van der Waals surface area contributed by atoms with E-state index in [0.717, 1.165) is 16.5 Å². The topological polar surface area (TPSA) is 105 Å². The molecular weight excluding hydrogens is 566 g/mol. The van der Waals surface area contributed by atoms with Crippen LogP contribution in [0.3, 0.4) is 0 Å². The predicted octanol–water partition coefficient (Wildman–Crippen LogP) is 4.46. The summed E-state index contributed by atoms with van der Waals surface area (Å²) in [4.78, 5) is 50.4. The highest BCUT2D eigenvalue weighted by atomic mass is 79.9. The molecule has 0 spiro atoms. The molecule has 0 atom stereocenters. The molecule has 1 aliphatic rings. The Kier molecular flexibility index (Phi) is 10.2. The molecule has 0 bridgehead atoms. The molecule has 11 heteroatoms. The number of halogens is 1.